The molecule has 1 aliphatic heterocycles. The minimum absolute atomic E-state index is 0.00622. The highest BCUT2D eigenvalue weighted by Crippen LogP contribution is 2.35. The Morgan fingerprint density at radius 3 is 2.58 bits per heavy atom. The number of primary amides is 1. The number of nitrogens with zero attached hydrogens (tertiary/aromatic N) is 2. The van der Waals surface area contributed by atoms with Crippen molar-refractivity contribution >= 4 is 21.7 Å². The van der Waals surface area contributed by atoms with Crippen molar-refractivity contribution in [1.82, 2.24) is 20.0 Å². The zero-order chi connectivity index (χ0) is 22.9. The third-order valence-corrected chi connectivity index (χ3v) is 7.31. The first-order valence-electron chi connectivity index (χ1n) is 10.0. The second-order valence-corrected chi connectivity index (χ2v) is 9.99. The van der Waals surface area contributed by atoms with Gasteiger partial charge in [0.25, 0.3) is 5.56 Å². The van der Waals surface area contributed by atoms with Gasteiger partial charge in [-0.1, -0.05) is 0 Å². The van der Waals surface area contributed by atoms with E-state index in [1.807, 2.05) is 0 Å². The molecule has 2 aromatic rings. The quantitative estimate of drug-likeness (QED) is 0.472. The van der Waals surface area contributed by atoms with Crippen molar-refractivity contribution in [2.45, 2.75) is 52.0 Å². The van der Waals surface area contributed by atoms with E-state index in [0.29, 0.717) is 29.1 Å². The molecular weight excluding hydrogens is 426 g/mol. The van der Waals surface area contributed by atoms with Crippen molar-refractivity contribution in [2.75, 3.05) is 18.1 Å². The number of hydrogen-bond acceptors (Lipinski definition) is 7. The Balaban J connectivity index is 2.08. The molecule has 4 N–H and O–H groups in total. The van der Waals surface area contributed by atoms with Gasteiger partial charge in [-0.3, -0.25) is 24.2 Å². The fourth-order valence-electron chi connectivity index (χ4n) is 4.32. The molecule has 1 aliphatic rings. The number of rotatable bonds is 8. The van der Waals surface area contributed by atoms with Crippen molar-refractivity contribution in [2.24, 2.45) is 5.73 Å². The van der Waals surface area contributed by atoms with E-state index in [-0.39, 0.29) is 42.6 Å². The number of esters is 1. The number of hydrogen-bond donors (Lipinski definition) is 3. The molecule has 31 heavy (non-hydrogen) atoms. The van der Waals surface area contributed by atoms with E-state index in [4.69, 9.17) is 10.5 Å². The van der Waals surface area contributed by atoms with Gasteiger partial charge in [0.05, 0.1) is 42.0 Å². The SMILES string of the molecule is CCOC(=O)Cc1[nH][nH]c(=O)c1[C@@H](CC(N)=O)c1c(C)nn([C@H]2CCS(=O)(=O)C2)c1C. The number of nitrogens with two attached hydrogens (primary N) is 1. The molecule has 12 heteroatoms. The number of sulfone groups is 1. The summed E-state index contributed by atoms with van der Waals surface area (Å²) >= 11 is 0. The van der Waals surface area contributed by atoms with Crippen LogP contribution in [-0.2, 0) is 30.6 Å². The fraction of sp³-hybridized carbons (Fsp3) is 0.579. The van der Waals surface area contributed by atoms with E-state index in [1.165, 1.54) is 0 Å². The highest BCUT2D eigenvalue weighted by Gasteiger charge is 2.35. The summed E-state index contributed by atoms with van der Waals surface area (Å²) in [5.41, 5.74) is 7.40. The van der Waals surface area contributed by atoms with E-state index in [0.717, 1.165) is 0 Å². The molecule has 3 rings (SSSR count). The second-order valence-electron chi connectivity index (χ2n) is 7.76. The first-order chi connectivity index (χ1) is 14.5. The topological polar surface area (TPSA) is 170 Å². The van der Waals surface area contributed by atoms with Gasteiger partial charge in [0.2, 0.25) is 5.91 Å². The summed E-state index contributed by atoms with van der Waals surface area (Å²) in [6.45, 7) is 5.39. The molecule has 2 atom stereocenters. The van der Waals surface area contributed by atoms with Crippen LogP contribution in [-0.4, -0.2) is 58.4 Å². The predicted octanol–water partition coefficient (Wildman–Crippen LogP) is -0.0112. The lowest BCUT2D eigenvalue weighted by Crippen LogP contribution is -2.23. The number of carbonyl (C=O) groups is 2. The number of aryl methyl sites for hydroxylation is 1. The lowest BCUT2D eigenvalue weighted by atomic mass is 9.86. The van der Waals surface area contributed by atoms with Crippen LogP contribution in [0.2, 0.25) is 0 Å². The first kappa shape index (κ1) is 22.8. The Bertz CT molecular complexity index is 1160. The van der Waals surface area contributed by atoms with Crippen molar-refractivity contribution in [3.8, 4) is 0 Å². The van der Waals surface area contributed by atoms with Crippen LogP contribution in [0.15, 0.2) is 4.79 Å². The normalized spacial score (nSPS) is 18.7. The maximum Gasteiger partial charge on any atom is 0.311 e. The largest absolute Gasteiger partial charge is 0.466 e. The highest BCUT2D eigenvalue weighted by atomic mass is 32.2. The van der Waals surface area contributed by atoms with Crippen LogP contribution in [0.4, 0.5) is 0 Å². The summed E-state index contributed by atoms with van der Waals surface area (Å²) in [6, 6.07) is -0.310. The second kappa shape index (κ2) is 8.69. The Morgan fingerprint density at radius 2 is 2.00 bits per heavy atom. The average molecular weight is 454 g/mol. The molecule has 1 fully saturated rings. The number of aromatic nitrogens is 4. The Kier molecular flexibility index (Phi) is 6.39. The van der Waals surface area contributed by atoms with E-state index >= 15 is 0 Å². The molecule has 0 aromatic carbocycles. The van der Waals surface area contributed by atoms with Crippen molar-refractivity contribution in [3.63, 3.8) is 0 Å². The predicted molar refractivity (Wildman–Crippen MR) is 111 cm³/mol. The van der Waals surface area contributed by atoms with Gasteiger partial charge in [-0.25, -0.2) is 8.42 Å². The summed E-state index contributed by atoms with van der Waals surface area (Å²) in [6.07, 6.45) is 0.0977. The van der Waals surface area contributed by atoms with E-state index in [2.05, 4.69) is 15.3 Å². The molecule has 3 heterocycles. The number of nitrogens with one attached hydrogen (secondary N) is 2. The van der Waals surface area contributed by atoms with Crippen LogP contribution in [0, 0.1) is 13.8 Å². The smallest absolute Gasteiger partial charge is 0.311 e. The van der Waals surface area contributed by atoms with E-state index < -0.39 is 33.2 Å². The summed E-state index contributed by atoms with van der Waals surface area (Å²) in [7, 11) is -3.13. The molecule has 0 aliphatic carbocycles. The monoisotopic (exact) mass is 453 g/mol. The maximum absolute atomic E-state index is 12.6. The number of amides is 1. The molecule has 0 unspecified atom stereocenters. The fourth-order valence-corrected chi connectivity index (χ4v) is 6.01. The summed E-state index contributed by atoms with van der Waals surface area (Å²) in [5, 5.41) is 9.71. The van der Waals surface area contributed by atoms with Crippen LogP contribution in [0.3, 0.4) is 0 Å². The lowest BCUT2D eigenvalue weighted by Gasteiger charge is -2.17. The molecule has 1 saturated heterocycles. The van der Waals surface area contributed by atoms with Crippen LogP contribution in [0.5, 0.6) is 0 Å². The number of carbonyl (C=O) groups excluding carboxylic acids is 2. The minimum Gasteiger partial charge on any atom is -0.466 e. The van der Waals surface area contributed by atoms with E-state index in [9.17, 15) is 22.8 Å². The van der Waals surface area contributed by atoms with Gasteiger partial charge in [0, 0.05) is 29.2 Å². The van der Waals surface area contributed by atoms with Crippen LogP contribution < -0.4 is 11.3 Å². The molecule has 2 aromatic heterocycles. The van der Waals surface area contributed by atoms with Gasteiger partial charge in [-0.15, -0.1) is 0 Å². The Labute approximate surface area is 179 Å². The molecule has 11 nitrogen and oxygen atoms in total. The van der Waals surface area contributed by atoms with Gasteiger partial charge in [0.15, 0.2) is 9.84 Å². The van der Waals surface area contributed by atoms with Crippen LogP contribution >= 0.6 is 0 Å². The highest BCUT2D eigenvalue weighted by molar-refractivity contribution is 7.91. The average Bonchev–Trinajstić information content (AvgIpc) is 3.29. The zero-order valence-electron chi connectivity index (χ0n) is 17.7. The van der Waals surface area contributed by atoms with Gasteiger partial charge in [0.1, 0.15) is 0 Å². The number of H-pyrrole nitrogens is 2. The lowest BCUT2D eigenvalue weighted by molar-refractivity contribution is -0.142. The Morgan fingerprint density at radius 1 is 1.29 bits per heavy atom. The summed E-state index contributed by atoms with van der Waals surface area (Å²) in [4.78, 5) is 36.6. The van der Waals surface area contributed by atoms with Crippen LogP contribution in [0.25, 0.3) is 0 Å². The molecule has 1 amide bonds. The molecule has 0 spiro atoms. The zero-order valence-corrected chi connectivity index (χ0v) is 18.5. The van der Waals surface area contributed by atoms with Gasteiger partial charge in [-0.05, 0) is 27.2 Å². The van der Waals surface area contributed by atoms with E-state index in [1.54, 1.807) is 25.5 Å². The standard InChI is InChI=1S/C19H27N5O6S/c1-4-30-16(26)8-14-18(19(27)22-21-14)13(7-15(20)25)17-10(2)23-24(11(17)3)12-5-6-31(28,29)9-12/h12-13H,4-9H2,1-3H3,(H2,20,25)(H2,21,22,27)/t12-,13-/m0/s1. The van der Waals surface area contributed by atoms with Gasteiger partial charge < -0.3 is 15.6 Å². The summed E-state index contributed by atoms with van der Waals surface area (Å²) < 4.78 is 30.5. The van der Waals surface area contributed by atoms with Crippen molar-refractivity contribution < 1.29 is 22.7 Å². The Hall–Kier alpha value is -2.89. The molecule has 0 radical (unpaired) electrons. The number of aromatic amines is 2. The number of ether oxygens (including phenoxy) is 1. The van der Waals surface area contributed by atoms with Gasteiger partial charge in [-0.2, -0.15) is 5.10 Å². The molecule has 0 bridgehead atoms. The molecule has 0 saturated carbocycles. The third-order valence-electron chi connectivity index (χ3n) is 5.56. The summed E-state index contributed by atoms with van der Waals surface area (Å²) in [5.74, 6) is -1.80. The minimum atomic E-state index is -3.13. The molecular formula is C19H27N5O6S. The molecule has 170 valence electrons. The van der Waals surface area contributed by atoms with Gasteiger partial charge >= 0.3 is 5.97 Å². The third kappa shape index (κ3) is 4.73. The first-order valence-corrected chi connectivity index (χ1v) is 11.9. The van der Waals surface area contributed by atoms with Crippen molar-refractivity contribution in [3.05, 3.63) is 38.6 Å². The van der Waals surface area contributed by atoms with Crippen LogP contribution in [0.1, 0.15) is 59.9 Å². The maximum atomic E-state index is 12.6. The van der Waals surface area contributed by atoms with Crippen molar-refractivity contribution in [1.29, 1.82) is 0 Å².